The second-order valence-electron chi connectivity index (χ2n) is 6.91. The second kappa shape index (κ2) is 9.99. The minimum Gasteiger partial charge on any atom is -0.493 e. The molecule has 6 nitrogen and oxygen atoms in total. The second-order valence-corrected chi connectivity index (χ2v) is 6.91. The van der Waals surface area contributed by atoms with Crippen LogP contribution in [0.25, 0.3) is 0 Å². The molecule has 1 unspecified atom stereocenters. The van der Waals surface area contributed by atoms with E-state index in [4.69, 9.17) is 14.2 Å². The Hall–Kier alpha value is -2.73. The molecule has 1 fully saturated rings. The van der Waals surface area contributed by atoms with Gasteiger partial charge in [-0.15, -0.1) is 0 Å². The quantitative estimate of drug-likeness (QED) is 0.586. The first-order valence-corrected chi connectivity index (χ1v) is 9.59. The molecule has 1 atom stereocenters. The first-order valence-electron chi connectivity index (χ1n) is 9.59. The zero-order chi connectivity index (χ0) is 19.8. The van der Waals surface area contributed by atoms with E-state index in [1.165, 1.54) is 0 Å². The summed E-state index contributed by atoms with van der Waals surface area (Å²) >= 11 is 0. The maximum absolute atomic E-state index is 5.93. The fraction of sp³-hybridized carbons (Fsp3) is 0.409. The SMILES string of the molecule is CN=C(NCc1ccc(Oc2ccccc2OC)cc1)N(C)CC1CCOC1. The first-order chi connectivity index (χ1) is 13.7. The van der Waals surface area contributed by atoms with E-state index in [1.807, 2.05) is 43.4 Å². The molecule has 1 aliphatic rings. The van der Waals surface area contributed by atoms with Crippen molar-refractivity contribution < 1.29 is 14.2 Å². The number of nitrogens with zero attached hydrogens (tertiary/aromatic N) is 2. The van der Waals surface area contributed by atoms with Crippen LogP contribution in [0.3, 0.4) is 0 Å². The van der Waals surface area contributed by atoms with Gasteiger partial charge in [-0.1, -0.05) is 24.3 Å². The van der Waals surface area contributed by atoms with Gasteiger partial charge in [-0.2, -0.15) is 0 Å². The molecular formula is C22H29N3O3. The fourth-order valence-electron chi connectivity index (χ4n) is 3.27. The summed E-state index contributed by atoms with van der Waals surface area (Å²) in [6.45, 7) is 3.36. The van der Waals surface area contributed by atoms with Gasteiger partial charge in [0.25, 0.3) is 0 Å². The van der Waals surface area contributed by atoms with E-state index in [0.29, 0.717) is 24.0 Å². The molecule has 0 spiro atoms. The predicted octanol–water partition coefficient (Wildman–Crippen LogP) is 3.53. The number of nitrogens with one attached hydrogen (secondary N) is 1. The number of methoxy groups -OCH3 is 1. The van der Waals surface area contributed by atoms with Crippen molar-refractivity contribution in [3.05, 3.63) is 54.1 Å². The van der Waals surface area contributed by atoms with E-state index in [9.17, 15) is 0 Å². The van der Waals surface area contributed by atoms with Crippen LogP contribution in [-0.4, -0.2) is 51.8 Å². The van der Waals surface area contributed by atoms with E-state index in [-0.39, 0.29) is 0 Å². The van der Waals surface area contributed by atoms with Gasteiger partial charge < -0.3 is 24.4 Å². The van der Waals surface area contributed by atoms with Gasteiger partial charge in [-0.25, -0.2) is 0 Å². The molecule has 0 aliphatic carbocycles. The summed E-state index contributed by atoms with van der Waals surface area (Å²) in [5, 5.41) is 3.42. The molecule has 0 aromatic heterocycles. The molecule has 0 saturated carbocycles. The van der Waals surface area contributed by atoms with Crippen LogP contribution in [0, 0.1) is 5.92 Å². The highest BCUT2D eigenvalue weighted by Crippen LogP contribution is 2.30. The molecule has 1 aliphatic heterocycles. The summed E-state index contributed by atoms with van der Waals surface area (Å²) in [7, 11) is 5.52. The van der Waals surface area contributed by atoms with Gasteiger partial charge in [0.05, 0.1) is 13.7 Å². The first kappa shape index (κ1) is 20.0. The maximum Gasteiger partial charge on any atom is 0.193 e. The van der Waals surface area contributed by atoms with Gasteiger partial charge in [0.2, 0.25) is 0 Å². The number of para-hydroxylation sites is 2. The number of rotatable bonds is 7. The Balaban J connectivity index is 1.53. The lowest BCUT2D eigenvalue weighted by Crippen LogP contribution is -2.41. The molecule has 0 bridgehead atoms. The fourth-order valence-corrected chi connectivity index (χ4v) is 3.27. The van der Waals surface area contributed by atoms with Gasteiger partial charge >= 0.3 is 0 Å². The summed E-state index contributed by atoms with van der Waals surface area (Å²) in [5.74, 6) is 3.66. The van der Waals surface area contributed by atoms with Crippen LogP contribution in [0.2, 0.25) is 0 Å². The Morgan fingerprint density at radius 1 is 1.18 bits per heavy atom. The van der Waals surface area contributed by atoms with Crippen LogP contribution >= 0.6 is 0 Å². The number of benzene rings is 2. The van der Waals surface area contributed by atoms with E-state index < -0.39 is 0 Å². The summed E-state index contributed by atoms with van der Waals surface area (Å²) < 4.78 is 16.7. The molecule has 2 aromatic carbocycles. The van der Waals surface area contributed by atoms with E-state index in [1.54, 1.807) is 7.11 Å². The Morgan fingerprint density at radius 3 is 2.57 bits per heavy atom. The highest BCUT2D eigenvalue weighted by atomic mass is 16.5. The van der Waals surface area contributed by atoms with Crippen LogP contribution in [0.5, 0.6) is 17.2 Å². The van der Waals surface area contributed by atoms with Crippen LogP contribution in [0.1, 0.15) is 12.0 Å². The van der Waals surface area contributed by atoms with Gasteiger partial charge in [-0.05, 0) is 36.2 Å². The van der Waals surface area contributed by atoms with Crippen molar-refractivity contribution in [1.82, 2.24) is 10.2 Å². The topological polar surface area (TPSA) is 55.3 Å². The zero-order valence-corrected chi connectivity index (χ0v) is 16.9. The lowest BCUT2D eigenvalue weighted by molar-refractivity contribution is 0.181. The average Bonchev–Trinajstić information content (AvgIpc) is 3.23. The van der Waals surface area contributed by atoms with Gasteiger partial charge in [0.1, 0.15) is 5.75 Å². The van der Waals surface area contributed by atoms with Crippen molar-refractivity contribution in [2.24, 2.45) is 10.9 Å². The molecule has 150 valence electrons. The lowest BCUT2D eigenvalue weighted by Gasteiger charge is -2.24. The van der Waals surface area contributed by atoms with Crippen molar-refractivity contribution in [2.45, 2.75) is 13.0 Å². The van der Waals surface area contributed by atoms with Crippen LogP contribution in [0.4, 0.5) is 0 Å². The van der Waals surface area contributed by atoms with Crippen molar-refractivity contribution in [1.29, 1.82) is 0 Å². The molecule has 1 N–H and O–H groups in total. The van der Waals surface area contributed by atoms with Crippen LogP contribution in [0.15, 0.2) is 53.5 Å². The summed E-state index contributed by atoms with van der Waals surface area (Å²) in [6.07, 6.45) is 1.12. The number of hydrogen-bond donors (Lipinski definition) is 1. The largest absolute Gasteiger partial charge is 0.493 e. The molecule has 6 heteroatoms. The normalized spacial score (nSPS) is 16.7. The van der Waals surface area contributed by atoms with Gasteiger partial charge in [0.15, 0.2) is 17.5 Å². The Labute approximate surface area is 167 Å². The van der Waals surface area contributed by atoms with Crippen molar-refractivity contribution in [3.8, 4) is 17.2 Å². The summed E-state index contributed by atoms with van der Waals surface area (Å²) in [4.78, 5) is 6.55. The van der Waals surface area contributed by atoms with Gasteiger partial charge in [-0.3, -0.25) is 4.99 Å². The minimum atomic E-state index is 0.579. The summed E-state index contributed by atoms with van der Waals surface area (Å²) in [5.41, 5.74) is 1.16. The average molecular weight is 383 g/mol. The van der Waals surface area contributed by atoms with Crippen molar-refractivity contribution in [2.75, 3.05) is 41.0 Å². The standard InChI is InChI=1S/C22H29N3O3/c1-23-22(25(2)15-18-12-13-27-16-18)24-14-17-8-10-19(11-9-17)28-21-7-5-4-6-20(21)26-3/h4-11,18H,12-16H2,1-3H3,(H,23,24). The third-order valence-electron chi connectivity index (χ3n) is 4.80. The predicted molar refractivity (Wildman–Crippen MR) is 111 cm³/mol. The smallest absolute Gasteiger partial charge is 0.193 e. The Morgan fingerprint density at radius 2 is 1.93 bits per heavy atom. The van der Waals surface area contributed by atoms with Crippen molar-refractivity contribution >= 4 is 5.96 Å². The van der Waals surface area contributed by atoms with Crippen LogP contribution < -0.4 is 14.8 Å². The maximum atomic E-state index is 5.93. The third kappa shape index (κ3) is 5.39. The Kier molecular flexibility index (Phi) is 7.14. The van der Waals surface area contributed by atoms with E-state index in [2.05, 4.69) is 34.4 Å². The van der Waals surface area contributed by atoms with E-state index in [0.717, 1.165) is 43.5 Å². The molecule has 1 heterocycles. The molecule has 3 rings (SSSR count). The van der Waals surface area contributed by atoms with Crippen molar-refractivity contribution in [3.63, 3.8) is 0 Å². The number of hydrogen-bond acceptors (Lipinski definition) is 4. The minimum absolute atomic E-state index is 0.579. The third-order valence-corrected chi connectivity index (χ3v) is 4.80. The van der Waals surface area contributed by atoms with Crippen LogP contribution in [-0.2, 0) is 11.3 Å². The number of guanidine groups is 1. The van der Waals surface area contributed by atoms with Gasteiger partial charge in [0, 0.05) is 39.7 Å². The molecular weight excluding hydrogens is 354 g/mol. The molecule has 2 aromatic rings. The number of aliphatic imine (C=N–C) groups is 1. The lowest BCUT2D eigenvalue weighted by atomic mass is 10.1. The highest BCUT2D eigenvalue weighted by molar-refractivity contribution is 5.79. The van der Waals surface area contributed by atoms with E-state index >= 15 is 0 Å². The molecule has 1 saturated heterocycles. The summed E-state index contributed by atoms with van der Waals surface area (Å²) in [6, 6.07) is 15.7. The molecule has 28 heavy (non-hydrogen) atoms. The Bertz CT molecular complexity index is 771. The monoisotopic (exact) mass is 383 g/mol. The molecule has 0 amide bonds. The molecule has 0 radical (unpaired) electrons. The zero-order valence-electron chi connectivity index (χ0n) is 16.9. The number of ether oxygens (including phenoxy) is 3. The highest BCUT2D eigenvalue weighted by Gasteiger charge is 2.19.